The Morgan fingerprint density at radius 1 is 1.00 bits per heavy atom. The summed E-state index contributed by atoms with van der Waals surface area (Å²) in [6.07, 6.45) is 1.62. The van der Waals surface area contributed by atoms with Crippen LogP contribution in [0, 0.1) is 17.4 Å². The Labute approximate surface area is 219 Å². The van der Waals surface area contributed by atoms with Crippen molar-refractivity contribution in [1.82, 2.24) is 5.43 Å². The number of carbonyl (C=O) groups excluding carboxylic acids is 2. The number of anilines is 1. The Balaban J connectivity index is 1.51. The molecule has 0 aliphatic carbocycles. The molecule has 3 rings (SSSR count). The van der Waals surface area contributed by atoms with Crippen LogP contribution in [0.15, 0.2) is 65.8 Å². The highest BCUT2D eigenvalue weighted by Crippen LogP contribution is 2.34. The molecule has 0 unspecified atom stereocenters. The van der Waals surface area contributed by atoms with Crippen molar-refractivity contribution >= 4 is 46.3 Å². The minimum absolute atomic E-state index is 0.0289. The number of methoxy groups -OCH3 is 1. The second-order valence-electron chi connectivity index (χ2n) is 7.97. The molecule has 0 bridgehead atoms. The van der Waals surface area contributed by atoms with Crippen LogP contribution in [0.3, 0.4) is 0 Å². The summed E-state index contributed by atoms with van der Waals surface area (Å²) >= 11 is 2.18. The smallest absolute Gasteiger partial charge is 0.240 e. The SMILES string of the molecule is COc1cc(C=NNC(=O)CCC(=O)Nc2cc(C)ccc2C)cc(I)c1OCc1ccccc1. The predicted molar refractivity (Wildman–Crippen MR) is 146 cm³/mol. The summed E-state index contributed by atoms with van der Waals surface area (Å²) < 4.78 is 12.3. The lowest BCUT2D eigenvalue weighted by molar-refractivity contribution is -0.124. The molecular weight excluding hydrogens is 557 g/mol. The number of amides is 2. The Hall–Kier alpha value is -3.40. The third kappa shape index (κ3) is 8.10. The van der Waals surface area contributed by atoms with Gasteiger partial charge in [-0.3, -0.25) is 9.59 Å². The van der Waals surface area contributed by atoms with Crippen LogP contribution in [0.25, 0.3) is 0 Å². The Morgan fingerprint density at radius 2 is 1.74 bits per heavy atom. The van der Waals surface area contributed by atoms with Crippen molar-refractivity contribution in [2.24, 2.45) is 5.10 Å². The van der Waals surface area contributed by atoms with Crippen molar-refractivity contribution in [3.8, 4) is 11.5 Å². The van der Waals surface area contributed by atoms with Gasteiger partial charge in [0.1, 0.15) is 6.61 Å². The molecule has 0 aliphatic rings. The maximum absolute atomic E-state index is 12.2. The number of nitrogens with one attached hydrogen (secondary N) is 2. The number of hydrogen-bond acceptors (Lipinski definition) is 5. The van der Waals surface area contributed by atoms with Gasteiger partial charge in [-0.05, 0) is 76.9 Å². The lowest BCUT2D eigenvalue weighted by atomic mass is 10.1. The molecule has 3 aromatic carbocycles. The van der Waals surface area contributed by atoms with E-state index in [9.17, 15) is 9.59 Å². The fraction of sp³-hybridized carbons (Fsp3) is 0.222. The molecule has 0 saturated carbocycles. The van der Waals surface area contributed by atoms with Gasteiger partial charge in [0.05, 0.1) is 16.9 Å². The largest absolute Gasteiger partial charge is 0.493 e. The Kier molecular flexibility index (Phi) is 9.66. The van der Waals surface area contributed by atoms with Crippen LogP contribution >= 0.6 is 22.6 Å². The van der Waals surface area contributed by atoms with E-state index < -0.39 is 0 Å². The van der Waals surface area contributed by atoms with Gasteiger partial charge < -0.3 is 14.8 Å². The molecule has 2 amide bonds. The van der Waals surface area contributed by atoms with E-state index in [2.05, 4.69) is 38.4 Å². The van der Waals surface area contributed by atoms with Crippen LogP contribution in [0.2, 0.25) is 0 Å². The van der Waals surface area contributed by atoms with Gasteiger partial charge in [0.2, 0.25) is 11.8 Å². The van der Waals surface area contributed by atoms with Crippen LogP contribution in [0.1, 0.15) is 35.1 Å². The molecular formula is C27H28IN3O4. The minimum atomic E-state index is -0.346. The summed E-state index contributed by atoms with van der Waals surface area (Å²) in [6.45, 7) is 4.31. The highest BCUT2D eigenvalue weighted by molar-refractivity contribution is 14.1. The fourth-order valence-corrected chi connectivity index (χ4v) is 4.01. The number of benzene rings is 3. The molecule has 2 N–H and O–H groups in total. The minimum Gasteiger partial charge on any atom is -0.493 e. The number of carbonyl (C=O) groups is 2. The van der Waals surface area contributed by atoms with Crippen molar-refractivity contribution < 1.29 is 19.1 Å². The molecule has 0 saturated heterocycles. The zero-order valence-corrected chi connectivity index (χ0v) is 22.1. The van der Waals surface area contributed by atoms with Gasteiger partial charge in [0, 0.05) is 18.5 Å². The number of rotatable bonds is 10. The van der Waals surface area contributed by atoms with Crippen molar-refractivity contribution in [3.63, 3.8) is 0 Å². The van der Waals surface area contributed by atoms with Gasteiger partial charge in [0.15, 0.2) is 11.5 Å². The van der Waals surface area contributed by atoms with Gasteiger partial charge >= 0.3 is 0 Å². The predicted octanol–water partition coefficient (Wildman–Crippen LogP) is 5.36. The molecule has 0 aliphatic heterocycles. The van der Waals surface area contributed by atoms with Crippen molar-refractivity contribution in [3.05, 3.63) is 86.5 Å². The third-order valence-corrected chi connectivity index (χ3v) is 5.93. The summed E-state index contributed by atoms with van der Waals surface area (Å²) in [7, 11) is 1.58. The first-order valence-electron chi connectivity index (χ1n) is 11.1. The average molecular weight is 585 g/mol. The normalized spacial score (nSPS) is 10.7. The topological polar surface area (TPSA) is 89.0 Å². The summed E-state index contributed by atoms with van der Waals surface area (Å²) in [5, 5.41) is 6.86. The van der Waals surface area contributed by atoms with E-state index in [1.807, 2.05) is 68.4 Å². The number of hydrogen-bond donors (Lipinski definition) is 2. The second-order valence-corrected chi connectivity index (χ2v) is 9.13. The van der Waals surface area contributed by atoms with Crippen LogP contribution in [0.4, 0.5) is 5.69 Å². The van der Waals surface area contributed by atoms with Crippen molar-refractivity contribution in [1.29, 1.82) is 0 Å². The first-order valence-corrected chi connectivity index (χ1v) is 12.2. The van der Waals surface area contributed by atoms with Crippen molar-refractivity contribution in [2.45, 2.75) is 33.3 Å². The van der Waals surface area contributed by atoms with E-state index in [1.165, 1.54) is 6.21 Å². The van der Waals surface area contributed by atoms with Crippen LogP contribution in [-0.2, 0) is 16.2 Å². The van der Waals surface area contributed by atoms with Gasteiger partial charge in [-0.2, -0.15) is 5.10 Å². The highest BCUT2D eigenvalue weighted by atomic mass is 127. The summed E-state index contributed by atoms with van der Waals surface area (Å²) in [4.78, 5) is 24.3. The van der Waals surface area contributed by atoms with Gasteiger partial charge in [-0.15, -0.1) is 0 Å². The van der Waals surface area contributed by atoms with Crippen LogP contribution in [-0.4, -0.2) is 25.1 Å². The molecule has 0 fully saturated rings. The molecule has 7 nitrogen and oxygen atoms in total. The molecule has 3 aromatic rings. The lowest BCUT2D eigenvalue weighted by Gasteiger charge is -2.13. The number of ether oxygens (including phenoxy) is 2. The zero-order valence-electron chi connectivity index (χ0n) is 19.9. The second kappa shape index (κ2) is 12.9. The van der Waals surface area contributed by atoms with E-state index in [1.54, 1.807) is 13.2 Å². The van der Waals surface area contributed by atoms with Gasteiger partial charge in [-0.25, -0.2) is 5.43 Å². The number of halogens is 1. The number of hydrazone groups is 1. The molecule has 0 atom stereocenters. The first-order chi connectivity index (χ1) is 16.9. The average Bonchev–Trinajstić information content (AvgIpc) is 2.84. The van der Waals surface area contributed by atoms with E-state index in [-0.39, 0.29) is 24.7 Å². The van der Waals surface area contributed by atoms with E-state index in [4.69, 9.17) is 9.47 Å². The number of nitrogens with zero attached hydrogens (tertiary/aromatic N) is 1. The van der Waals surface area contributed by atoms with E-state index in [0.717, 1.165) is 31.5 Å². The standard InChI is InChI=1S/C27H28IN3O4/c1-18-9-10-19(2)23(13-18)30-25(32)11-12-26(33)31-29-16-21-14-22(28)27(24(15-21)34-3)35-17-20-7-5-4-6-8-20/h4-10,13-16H,11-12,17H2,1-3H3,(H,30,32)(H,31,33). The third-order valence-electron chi connectivity index (χ3n) is 5.13. The fourth-order valence-electron chi connectivity index (χ4n) is 3.23. The molecule has 182 valence electrons. The van der Waals surface area contributed by atoms with Gasteiger partial charge in [0.25, 0.3) is 0 Å². The quantitative estimate of drug-likeness (QED) is 0.191. The van der Waals surface area contributed by atoms with E-state index in [0.29, 0.717) is 18.1 Å². The molecule has 8 heteroatoms. The summed E-state index contributed by atoms with van der Waals surface area (Å²) in [5.41, 5.74) is 7.05. The Bertz CT molecular complexity index is 1210. The molecule has 0 aromatic heterocycles. The first kappa shape index (κ1) is 26.2. The lowest BCUT2D eigenvalue weighted by Crippen LogP contribution is -2.21. The maximum atomic E-state index is 12.2. The molecule has 0 spiro atoms. The Morgan fingerprint density at radius 3 is 2.49 bits per heavy atom. The molecule has 35 heavy (non-hydrogen) atoms. The van der Waals surface area contributed by atoms with Crippen LogP contribution < -0.4 is 20.2 Å². The van der Waals surface area contributed by atoms with Crippen LogP contribution in [0.5, 0.6) is 11.5 Å². The van der Waals surface area contributed by atoms with Gasteiger partial charge in [-0.1, -0.05) is 42.5 Å². The monoisotopic (exact) mass is 585 g/mol. The van der Waals surface area contributed by atoms with Crippen molar-refractivity contribution in [2.75, 3.05) is 12.4 Å². The molecule has 0 heterocycles. The zero-order chi connectivity index (χ0) is 25.2. The molecule has 0 radical (unpaired) electrons. The highest BCUT2D eigenvalue weighted by Gasteiger charge is 2.12. The summed E-state index contributed by atoms with van der Waals surface area (Å²) in [5.74, 6) is 0.654. The van der Waals surface area contributed by atoms with E-state index >= 15 is 0 Å². The summed E-state index contributed by atoms with van der Waals surface area (Å²) in [6, 6.07) is 19.4. The number of aryl methyl sites for hydroxylation is 2. The maximum Gasteiger partial charge on any atom is 0.240 e.